The first-order chi connectivity index (χ1) is 11.9. The third kappa shape index (κ3) is 2.48. The molecule has 1 aliphatic heterocycles. The van der Waals surface area contributed by atoms with Gasteiger partial charge in [0.25, 0.3) is 0 Å². The summed E-state index contributed by atoms with van der Waals surface area (Å²) in [6, 6.07) is 10.5. The van der Waals surface area contributed by atoms with Gasteiger partial charge in [-0.25, -0.2) is 15.0 Å². The van der Waals surface area contributed by atoms with Gasteiger partial charge < -0.3 is 0 Å². The van der Waals surface area contributed by atoms with Gasteiger partial charge in [-0.2, -0.15) is 0 Å². The van der Waals surface area contributed by atoms with Crippen molar-refractivity contribution in [3.8, 4) is 11.1 Å². The highest BCUT2D eigenvalue weighted by Crippen LogP contribution is 2.43. The lowest BCUT2D eigenvalue weighted by Gasteiger charge is -2.27. The second-order valence-corrected chi connectivity index (χ2v) is 7.38. The molecule has 2 aliphatic rings. The van der Waals surface area contributed by atoms with E-state index in [2.05, 4.69) is 35.7 Å². The highest BCUT2D eigenvalue weighted by atomic mass is 32.1. The monoisotopic (exact) mass is 337 g/mol. The van der Waals surface area contributed by atoms with Crippen molar-refractivity contribution in [2.45, 2.75) is 31.6 Å². The Morgan fingerprint density at radius 2 is 1.96 bits per heavy atom. The highest BCUT2D eigenvalue weighted by molar-refractivity contribution is 7.17. The number of fused-ring (bicyclic) bond motifs is 1. The number of nitrogens with zero attached hydrogens (tertiary/aromatic N) is 3. The van der Waals surface area contributed by atoms with Crippen molar-refractivity contribution in [1.82, 2.24) is 9.97 Å². The van der Waals surface area contributed by atoms with E-state index in [-0.39, 0.29) is 0 Å². The molecule has 0 amide bonds. The Hall–Kier alpha value is -1.98. The minimum absolute atomic E-state index is 0.542. The molecule has 0 atom stereocenters. The normalized spacial score (nSPS) is 18.2. The first-order valence-corrected chi connectivity index (χ1v) is 9.53. The van der Waals surface area contributed by atoms with Gasteiger partial charge in [0.15, 0.2) is 5.82 Å². The van der Waals surface area contributed by atoms with E-state index in [1.165, 1.54) is 24.0 Å². The summed E-state index contributed by atoms with van der Waals surface area (Å²) < 4.78 is 0. The summed E-state index contributed by atoms with van der Waals surface area (Å²) in [5.41, 5.74) is 2.42. The molecule has 0 spiro atoms. The molecule has 1 aromatic carbocycles. The van der Waals surface area contributed by atoms with Gasteiger partial charge in [0.05, 0.1) is 12.0 Å². The molecule has 2 aromatic heterocycles. The van der Waals surface area contributed by atoms with Crippen LogP contribution in [0.3, 0.4) is 0 Å². The van der Waals surface area contributed by atoms with Crippen LogP contribution < -0.4 is 5.06 Å². The lowest BCUT2D eigenvalue weighted by Crippen LogP contribution is -2.31. The minimum atomic E-state index is 0.542. The lowest BCUT2D eigenvalue weighted by molar-refractivity contribution is 0.0766. The average molecular weight is 337 g/mol. The van der Waals surface area contributed by atoms with Crippen molar-refractivity contribution in [3.63, 3.8) is 0 Å². The average Bonchev–Trinajstić information content (AvgIpc) is 3.42. The van der Waals surface area contributed by atoms with Crippen LogP contribution in [0.1, 0.15) is 37.4 Å². The van der Waals surface area contributed by atoms with E-state index >= 15 is 0 Å². The Morgan fingerprint density at radius 1 is 1.08 bits per heavy atom. The first kappa shape index (κ1) is 14.4. The van der Waals surface area contributed by atoms with Crippen molar-refractivity contribution < 1.29 is 4.84 Å². The van der Waals surface area contributed by atoms with Crippen LogP contribution >= 0.6 is 11.3 Å². The molecule has 1 aliphatic carbocycles. The van der Waals surface area contributed by atoms with E-state index in [1.54, 1.807) is 11.3 Å². The maximum atomic E-state index is 5.94. The zero-order chi connectivity index (χ0) is 15.9. The molecule has 0 radical (unpaired) electrons. The largest absolute Gasteiger partial charge is 0.272 e. The summed E-state index contributed by atoms with van der Waals surface area (Å²) in [7, 11) is 0. The molecular weight excluding hydrogens is 318 g/mol. The van der Waals surface area contributed by atoms with Crippen LogP contribution in [0, 0.1) is 0 Å². The molecule has 1 saturated carbocycles. The van der Waals surface area contributed by atoms with E-state index in [0.29, 0.717) is 5.92 Å². The fourth-order valence-electron chi connectivity index (χ4n) is 3.24. The van der Waals surface area contributed by atoms with Gasteiger partial charge >= 0.3 is 0 Å². The zero-order valence-corrected chi connectivity index (χ0v) is 14.3. The highest BCUT2D eigenvalue weighted by Gasteiger charge is 2.30. The predicted octanol–water partition coefficient (Wildman–Crippen LogP) is 4.77. The second-order valence-electron chi connectivity index (χ2n) is 6.52. The van der Waals surface area contributed by atoms with Crippen LogP contribution in [0.4, 0.5) is 5.82 Å². The topological polar surface area (TPSA) is 38.2 Å². The van der Waals surface area contributed by atoms with Crippen molar-refractivity contribution in [2.24, 2.45) is 0 Å². The van der Waals surface area contributed by atoms with Gasteiger partial charge in [-0.3, -0.25) is 4.84 Å². The minimum Gasteiger partial charge on any atom is -0.272 e. The lowest BCUT2D eigenvalue weighted by atomic mass is 10.1. The second kappa shape index (κ2) is 5.83. The van der Waals surface area contributed by atoms with Gasteiger partial charge in [-0.15, -0.1) is 11.3 Å². The number of hydrogen-bond acceptors (Lipinski definition) is 5. The first-order valence-electron chi connectivity index (χ1n) is 8.65. The molecule has 3 heterocycles. The van der Waals surface area contributed by atoms with Gasteiger partial charge in [0.2, 0.25) is 0 Å². The van der Waals surface area contributed by atoms with Crippen LogP contribution in [0.5, 0.6) is 0 Å². The predicted molar refractivity (Wildman–Crippen MR) is 97.4 cm³/mol. The van der Waals surface area contributed by atoms with E-state index in [9.17, 15) is 0 Å². The molecule has 5 heteroatoms. The Bertz CT molecular complexity index is 867. The molecule has 0 N–H and O–H groups in total. The molecule has 0 bridgehead atoms. The summed E-state index contributed by atoms with van der Waals surface area (Å²) in [4.78, 5) is 16.8. The number of rotatable bonds is 3. The zero-order valence-electron chi connectivity index (χ0n) is 13.4. The summed E-state index contributed by atoms with van der Waals surface area (Å²) in [5.74, 6) is 2.50. The molecular formula is C19H19N3OS. The van der Waals surface area contributed by atoms with Gasteiger partial charge in [0.1, 0.15) is 10.7 Å². The van der Waals surface area contributed by atoms with Gasteiger partial charge in [-0.05, 0) is 31.2 Å². The van der Waals surface area contributed by atoms with Crippen molar-refractivity contribution in [3.05, 3.63) is 41.5 Å². The van der Waals surface area contributed by atoms with Crippen LogP contribution in [0.15, 0.2) is 35.7 Å². The van der Waals surface area contributed by atoms with E-state index in [1.807, 2.05) is 5.06 Å². The van der Waals surface area contributed by atoms with Crippen LogP contribution in [0.2, 0.25) is 0 Å². The molecule has 4 nitrogen and oxygen atoms in total. The van der Waals surface area contributed by atoms with E-state index in [4.69, 9.17) is 14.8 Å². The summed E-state index contributed by atoms with van der Waals surface area (Å²) >= 11 is 1.71. The van der Waals surface area contributed by atoms with Crippen LogP contribution in [-0.4, -0.2) is 23.1 Å². The molecule has 0 unspecified atom stereocenters. The standard InChI is InChI=1S/C19H19N3OS/c1-2-6-13(7-3-1)15-12-24-19-16(15)18(22-10-4-5-11-23-22)20-17(21-19)14-8-9-14/h1-3,6-7,12,14H,4-5,8-11H2. The summed E-state index contributed by atoms with van der Waals surface area (Å²) in [6.45, 7) is 1.68. The number of aromatic nitrogens is 2. The van der Waals surface area contributed by atoms with Crippen LogP contribution in [0.25, 0.3) is 21.3 Å². The third-order valence-electron chi connectivity index (χ3n) is 4.70. The molecule has 24 heavy (non-hydrogen) atoms. The summed E-state index contributed by atoms with van der Waals surface area (Å²) in [5, 5.41) is 5.34. The SMILES string of the molecule is c1ccc(-c2csc3nc(C4CC4)nc(N4CCCCO4)c23)cc1. The number of anilines is 1. The third-order valence-corrected chi connectivity index (χ3v) is 5.57. The van der Waals surface area contributed by atoms with Crippen molar-refractivity contribution >= 4 is 27.4 Å². The Balaban J connectivity index is 1.71. The van der Waals surface area contributed by atoms with Crippen molar-refractivity contribution in [2.75, 3.05) is 18.2 Å². The summed E-state index contributed by atoms with van der Waals surface area (Å²) in [6.07, 6.45) is 4.69. The smallest absolute Gasteiger partial charge is 0.165 e. The molecule has 1 saturated heterocycles. The van der Waals surface area contributed by atoms with Gasteiger partial charge in [-0.1, -0.05) is 30.3 Å². The molecule has 3 aromatic rings. The Labute approximate surface area is 145 Å². The number of hydrogen-bond donors (Lipinski definition) is 0. The fraction of sp³-hybridized carbons (Fsp3) is 0.368. The Kier molecular flexibility index (Phi) is 3.49. The van der Waals surface area contributed by atoms with Crippen LogP contribution in [-0.2, 0) is 4.84 Å². The fourth-order valence-corrected chi connectivity index (χ4v) is 4.19. The van der Waals surface area contributed by atoms with Crippen molar-refractivity contribution in [1.29, 1.82) is 0 Å². The van der Waals surface area contributed by atoms with Gasteiger partial charge in [0, 0.05) is 23.4 Å². The quantitative estimate of drug-likeness (QED) is 0.690. The Morgan fingerprint density at radius 3 is 2.71 bits per heavy atom. The number of hydroxylamine groups is 1. The maximum absolute atomic E-state index is 5.94. The molecule has 122 valence electrons. The number of thiophene rings is 1. The van der Waals surface area contributed by atoms with E-state index < -0.39 is 0 Å². The molecule has 2 fully saturated rings. The maximum Gasteiger partial charge on any atom is 0.165 e. The van der Waals surface area contributed by atoms with E-state index in [0.717, 1.165) is 47.9 Å². The molecule has 5 rings (SSSR count). The number of benzene rings is 1.